The first kappa shape index (κ1) is 18.2. The van der Waals surface area contributed by atoms with E-state index in [0.29, 0.717) is 18.6 Å². The largest absolute Gasteiger partial charge is 0.460 e. The number of ether oxygens (including phenoxy) is 1. The van der Waals surface area contributed by atoms with E-state index in [1.807, 2.05) is 24.3 Å². The number of hydrogen-bond acceptors (Lipinski definition) is 3. The highest BCUT2D eigenvalue weighted by molar-refractivity contribution is 5.73. The average Bonchev–Trinajstić information content (AvgIpc) is 2.54. The van der Waals surface area contributed by atoms with Crippen molar-refractivity contribution in [1.29, 1.82) is 0 Å². The first-order valence-corrected chi connectivity index (χ1v) is 8.21. The molecule has 4 heteroatoms. The predicted octanol–water partition coefficient (Wildman–Crippen LogP) is 4.61. The number of amides is 1. The van der Waals surface area contributed by atoms with Crippen molar-refractivity contribution < 1.29 is 14.3 Å². The first-order valence-electron chi connectivity index (χ1n) is 8.21. The summed E-state index contributed by atoms with van der Waals surface area (Å²) < 4.78 is 5.22. The minimum atomic E-state index is -0.295. The second-order valence-corrected chi connectivity index (χ2v) is 5.48. The molecule has 1 aromatic rings. The van der Waals surface area contributed by atoms with Gasteiger partial charge in [-0.25, -0.2) is 0 Å². The maximum absolute atomic E-state index is 10.8. The lowest BCUT2D eigenvalue weighted by atomic mass is 10.00. The molecule has 1 atom stereocenters. The van der Waals surface area contributed by atoms with E-state index in [-0.39, 0.29) is 6.10 Å². The van der Waals surface area contributed by atoms with Gasteiger partial charge in [-0.3, -0.25) is 9.59 Å². The maximum atomic E-state index is 10.8. The second kappa shape index (κ2) is 11.8. The lowest BCUT2D eigenvalue weighted by molar-refractivity contribution is -0.134. The number of hydrogen-bond donors (Lipinski definition) is 1. The van der Waals surface area contributed by atoms with E-state index >= 15 is 0 Å². The Kier molecular flexibility index (Phi) is 9.75. The number of carbonyl (C=O) groups excluding carboxylic acids is 2. The monoisotopic (exact) mass is 305 g/mol. The van der Waals surface area contributed by atoms with Crippen LogP contribution in [0.4, 0.5) is 5.69 Å². The van der Waals surface area contributed by atoms with Gasteiger partial charge in [-0.2, -0.15) is 0 Å². The highest BCUT2D eigenvalue weighted by Gasteiger charge is 2.15. The van der Waals surface area contributed by atoms with Gasteiger partial charge in [-0.15, -0.1) is 0 Å². The zero-order chi connectivity index (χ0) is 16.0. The molecule has 1 unspecified atom stereocenters. The summed E-state index contributed by atoms with van der Waals surface area (Å²) in [5.41, 5.74) is 1.56. The Morgan fingerprint density at radius 3 is 2.41 bits per heavy atom. The van der Waals surface area contributed by atoms with Crippen LogP contribution < -0.4 is 5.32 Å². The number of nitrogens with one attached hydrogen (secondary N) is 1. The molecular weight excluding hydrogens is 278 g/mol. The Hall–Kier alpha value is -1.84. The quantitative estimate of drug-likeness (QED) is 0.427. The van der Waals surface area contributed by atoms with Crippen LogP contribution >= 0.6 is 0 Å². The van der Waals surface area contributed by atoms with Crippen LogP contribution in [0, 0.1) is 0 Å². The summed E-state index contributed by atoms with van der Waals surface area (Å²) in [4.78, 5) is 21.4. The molecule has 0 saturated heterocycles. The van der Waals surface area contributed by atoms with Crippen LogP contribution in [0.15, 0.2) is 24.3 Å². The van der Waals surface area contributed by atoms with Gasteiger partial charge in [-0.1, -0.05) is 63.6 Å². The summed E-state index contributed by atoms with van der Waals surface area (Å²) in [6, 6.07) is 7.44. The molecule has 0 saturated carbocycles. The fraction of sp³-hybridized carbons (Fsp3) is 0.556. The molecule has 0 spiro atoms. The van der Waals surface area contributed by atoms with Gasteiger partial charge in [0.25, 0.3) is 6.47 Å². The molecule has 1 N–H and O–H groups in total. The molecule has 0 aromatic heterocycles. The number of unbranched alkanes of at least 4 members (excludes halogenated alkanes) is 6. The van der Waals surface area contributed by atoms with E-state index < -0.39 is 0 Å². The smallest absolute Gasteiger partial charge is 0.293 e. The third-order valence-corrected chi connectivity index (χ3v) is 3.81. The van der Waals surface area contributed by atoms with Gasteiger partial charge in [0.15, 0.2) is 0 Å². The summed E-state index contributed by atoms with van der Waals surface area (Å²) in [6.07, 6.45) is 9.66. The number of benzene rings is 1. The number of anilines is 1. The Morgan fingerprint density at radius 1 is 1.05 bits per heavy atom. The summed E-state index contributed by atoms with van der Waals surface area (Å²) in [5.74, 6) is 0. The van der Waals surface area contributed by atoms with E-state index in [2.05, 4.69) is 12.2 Å². The SMILES string of the molecule is CCCCCCCCCC(OC=O)c1ccccc1NC=O. The Morgan fingerprint density at radius 2 is 1.73 bits per heavy atom. The molecule has 4 nitrogen and oxygen atoms in total. The van der Waals surface area contributed by atoms with E-state index in [4.69, 9.17) is 4.74 Å². The van der Waals surface area contributed by atoms with E-state index in [0.717, 1.165) is 24.8 Å². The van der Waals surface area contributed by atoms with E-state index in [9.17, 15) is 9.59 Å². The standard InChI is InChI=1S/C18H27NO3/c1-2-3-4-5-6-7-8-13-18(22-15-21)16-11-9-10-12-17(16)19-14-20/h9-12,14-15,18H,2-8,13H2,1H3,(H,19,20). The number of rotatable bonds is 13. The summed E-state index contributed by atoms with van der Waals surface area (Å²) in [6.45, 7) is 2.70. The summed E-state index contributed by atoms with van der Waals surface area (Å²) in [5, 5.41) is 2.66. The highest BCUT2D eigenvalue weighted by atomic mass is 16.5. The fourth-order valence-electron chi connectivity index (χ4n) is 2.62. The van der Waals surface area contributed by atoms with E-state index in [1.165, 1.54) is 32.1 Å². The molecule has 1 aromatic carbocycles. The minimum Gasteiger partial charge on any atom is -0.460 e. The van der Waals surface area contributed by atoms with Crippen LogP contribution in [-0.2, 0) is 14.3 Å². The molecular formula is C18H27NO3. The summed E-state index contributed by atoms with van der Waals surface area (Å²) >= 11 is 0. The molecule has 0 radical (unpaired) electrons. The average molecular weight is 305 g/mol. The zero-order valence-corrected chi connectivity index (χ0v) is 13.4. The normalized spacial score (nSPS) is 11.7. The molecule has 0 aliphatic heterocycles. The van der Waals surface area contributed by atoms with Crippen LogP contribution in [0.5, 0.6) is 0 Å². The van der Waals surface area contributed by atoms with Crippen molar-refractivity contribution >= 4 is 18.6 Å². The minimum absolute atomic E-state index is 0.295. The second-order valence-electron chi connectivity index (χ2n) is 5.48. The molecule has 1 amide bonds. The van der Waals surface area contributed by atoms with Gasteiger partial charge in [0.05, 0.1) is 0 Å². The molecule has 22 heavy (non-hydrogen) atoms. The molecule has 122 valence electrons. The summed E-state index contributed by atoms with van der Waals surface area (Å²) in [7, 11) is 0. The predicted molar refractivity (Wildman–Crippen MR) is 88.6 cm³/mol. The van der Waals surface area contributed by atoms with Crippen molar-refractivity contribution in [3.63, 3.8) is 0 Å². The van der Waals surface area contributed by atoms with Crippen molar-refractivity contribution in [2.24, 2.45) is 0 Å². The third-order valence-electron chi connectivity index (χ3n) is 3.81. The van der Waals surface area contributed by atoms with Crippen molar-refractivity contribution in [3.05, 3.63) is 29.8 Å². The molecule has 0 heterocycles. The number of carbonyl (C=O) groups is 2. The third kappa shape index (κ3) is 6.74. The van der Waals surface area contributed by atoms with Crippen molar-refractivity contribution in [2.45, 2.75) is 64.4 Å². The van der Waals surface area contributed by atoms with E-state index in [1.54, 1.807) is 0 Å². The first-order chi connectivity index (χ1) is 10.8. The molecule has 0 fully saturated rings. The zero-order valence-electron chi connectivity index (χ0n) is 13.4. The molecule has 0 aliphatic rings. The van der Waals surface area contributed by atoms with Crippen LogP contribution in [0.25, 0.3) is 0 Å². The topological polar surface area (TPSA) is 55.4 Å². The Bertz CT molecular complexity index is 434. The lowest BCUT2D eigenvalue weighted by Gasteiger charge is -2.18. The van der Waals surface area contributed by atoms with Gasteiger partial charge >= 0.3 is 0 Å². The van der Waals surface area contributed by atoms with Crippen LogP contribution in [0.1, 0.15) is 70.0 Å². The molecule has 0 aliphatic carbocycles. The Labute approximate surface area is 133 Å². The van der Waals surface area contributed by atoms with Crippen molar-refractivity contribution in [3.8, 4) is 0 Å². The number of para-hydroxylation sites is 1. The van der Waals surface area contributed by atoms with Crippen LogP contribution in [0.3, 0.4) is 0 Å². The van der Waals surface area contributed by atoms with Gasteiger partial charge in [0.1, 0.15) is 6.10 Å². The van der Waals surface area contributed by atoms with Crippen LogP contribution in [0.2, 0.25) is 0 Å². The van der Waals surface area contributed by atoms with Crippen LogP contribution in [-0.4, -0.2) is 12.9 Å². The Balaban J connectivity index is 2.48. The van der Waals surface area contributed by atoms with Gasteiger partial charge in [0.2, 0.25) is 6.41 Å². The van der Waals surface area contributed by atoms with Crippen molar-refractivity contribution in [2.75, 3.05) is 5.32 Å². The molecule has 1 rings (SSSR count). The molecule has 0 bridgehead atoms. The van der Waals surface area contributed by atoms with Gasteiger partial charge < -0.3 is 10.1 Å². The van der Waals surface area contributed by atoms with Gasteiger partial charge in [0, 0.05) is 11.3 Å². The lowest BCUT2D eigenvalue weighted by Crippen LogP contribution is -2.07. The fourth-order valence-corrected chi connectivity index (χ4v) is 2.62. The van der Waals surface area contributed by atoms with Crippen molar-refractivity contribution in [1.82, 2.24) is 0 Å². The maximum Gasteiger partial charge on any atom is 0.293 e. The highest BCUT2D eigenvalue weighted by Crippen LogP contribution is 2.29. The van der Waals surface area contributed by atoms with Gasteiger partial charge in [-0.05, 0) is 18.9 Å².